The van der Waals surface area contributed by atoms with E-state index in [1.165, 1.54) is 0 Å². The minimum atomic E-state index is -0.104. The lowest BCUT2D eigenvalue weighted by Gasteiger charge is -2.13. The summed E-state index contributed by atoms with van der Waals surface area (Å²) in [7, 11) is 3.58. The molecule has 0 rings (SSSR count). The first-order valence-electron chi connectivity index (χ1n) is 3.24. The number of carbonyl (C=O) groups excluding carboxylic acids is 1. The standard InChI is InChI=1S/C7H14N2O/c1-5-8-7(10)6(2)9(3)4/h2,5H2,1,3-4H3,(H,8,10). The van der Waals surface area contributed by atoms with E-state index in [0.717, 1.165) is 0 Å². The summed E-state index contributed by atoms with van der Waals surface area (Å²) in [6, 6.07) is 0. The molecule has 0 aliphatic carbocycles. The van der Waals surface area contributed by atoms with Crippen molar-refractivity contribution in [2.75, 3.05) is 20.6 Å². The van der Waals surface area contributed by atoms with Gasteiger partial charge in [0.15, 0.2) is 0 Å². The number of carbonyl (C=O) groups is 1. The number of hydrogen-bond donors (Lipinski definition) is 1. The second-order valence-electron chi connectivity index (χ2n) is 2.20. The third-order valence-corrected chi connectivity index (χ3v) is 1.14. The molecule has 0 heterocycles. The Bertz CT molecular complexity index is 141. The lowest BCUT2D eigenvalue weighted by molar-refractivity contribution is -0.118. The van der Waals surface area contributed by atoms with Crippen molar-refractivity contribution in [1.82, 2.24) is 10.2 Å². The van der Waals surface area contributed by atoms with Crippen molar-refractivity contribution in [2.45, 2.75) is 6.92 Å². The molecule has 0 radical (unpaired) electrons. The first kappa shape index (κ1) is 9.01. The topological polar surface area (TPSA) is 32.3 Å². The molecule has 10 heavy (non-hydrogen) atoms. The van der Waals surface area contributed by atoms with E-state index in [9.17, 15) is 4.79 Å². The Labute approximate surface area is 61.7 Å². The minimum Gasteiger partial charge on any atom is -0.374 e. The highest BCUT2D eigenvalue weighted by Crippen LogP contribution is 1.92. The highest BCUT2D eigenvalue weighted by molar-refractivity contribution is 5.91. The molecule has 1 amide bonds. The van der Waals surface area contributed by atoms with E-state index >= 15 is 0 Å². The number of amides is 1. The fraction of sp³-hybridized carbons (Fsp3) is 0.571. The molecule has 0 aromatic rings. The van der Waals surface area contributed by atoms with Gasteiger partial charge < -0.3 is 10.2 Å². The zero-order valence-electron chi connectivity index (χ0n) is 6.77. The van der Waals surface area contributed by atoms with Gasteiger partial charge in [0.1, 0.15) is 0 Å². The van der Waals surface area contributed by atoms with Gasteiger partial charge in [0.2, 0.25) is 0 Å². The molecule has 3 nitrogen and oxygen atoms in total. The van der Waals surface area contributed by atoms with Crippen LogP contribution in [0, 0.1) is 0 Å². The predicted octanol–water partition coefficient (Wildman–Crippen LogP) is 0.198. The summed E-state index contributed by atoms with van der Waals surface area (Å²) in [5.41, 5.74) is 0.488. The maximum absolute atomic E-state index is 10.9. The minimum absolute atomic E-state index is 0.104. The van der Waals surface area contributed by atoms with Crippen LogP contribution in [0.2, 0.25) is 0 Å². The summed E-state index contributed by atoms with van der Waals surface area (Å²) in [6.45, 7) is 6.11. The quantitative estimate of drug-likeness (QED) is 0.571. The van der Waals surface area contributed by atoms with Gasteiger partial charge in [0, 0.05) is 20.6 Å². The maximum atomic E-state index is 10.9. The van der Waals surface area contributed by atoms with Crippen molar-refractivity contribution >= 4 is 5.91 Å². The van der Waals surface area contributed by atoms with E-state index < -0.39 is 0 Å². The molecule has 0 bridgehead atoms. The van der Waals surface area contributed by atoms with Gasteiger partial charge in [-0.05, 0) is 6.92 Å². The molecule has 1 N–H and O–H groups in total. The molecule has 3 heteroatoms. The molecule has 0 spiro atoms. The van der Waals surface area contributed by atoms with Gasteiger partial charge in [-0.25, -0.2) is 0 Å². The maximum Gasteiger partial charge on any atom is 0.266 e. The fourth-order valence-corrected chi connectivity index (χ4v) is 0.466. The molecule has 0 aromatic carbocycles. The van der Waals surface area contributed by atoms with Crippen LogP contribution in [0.3, 0.4) is 0 Å². The largest absolute Gasteiger partial charge is 0.374 e. The SMILES string of the molecule is C=C(C(=O)NCC)N(C)C. The molecule has 58 valence electrons. The van der Waals surface area contributed by atoms with Gasteiger partial charge in [-0.2, -0.15) is 0 Å². The average molecular weight is 142 g/mol. The first-order chi connectivity index (χ1) is 4.59. The van der Waals surface area contributed by atoms with Crippen LogP contribution in [-0.4, -0.2) is 31.4 Å². The monoisotopic (exact) mass is 142 g/mol. The normalized spacial score (nSPS) is 8.70. The van der Waals surface area contributed by atoms with Crippen LogP contribution < -0.4 is 5.32 Å². The molecule has 0 aliphatic rings. The van der Waals surface area contributed by atoms with Crippen LogP contribution in [-0.2, 0) is 4.79 Å². The summed E-state index contributed by atoms with van der Waals surface area (Å²) in [5, 5.41) is 2.65. The van der Waals surface area contributed by atoms with Crippen LogP contribution in [0.15, 0.2) is 12.3 Å². The van der Waals surface area contributed by atoms with Crippen LogP contribution >= 0.6 is 0 Å². The van der Waals surface area contributed by atoms with E-state index in [0.29, 0.717) is 12.2 Å². The van der Waals surface area contributed by atoms with Crippen molar-refractivity contribution in [3.8, 4) is 0 Å². The Morgan fingerprint density at radius 1 is 1.60 bits per heavy atom. The van der Waals surface area contributed by atoms with Crippen molar-refractivity contribution in [2.24, 2.45) is 0 Å². The Kier molecular flexibility index (Phi) is 3.54. The summed E-state index contributed by atoms with van der Waals surface area (Å²) < 4.78 is 0. The van der Waals surface area contributed by atoms with Gasteiger partial charge in [0.25, 0.3) is 5.91 Å². The molecule has 0 saturated carbocycles. The number of nitrogens with one attached hydrogen (secondary N) is 1. The average Bonchev–Trinajstić information content (AvgIpc) is 1.87. The first-order valence-corrected chi connectivity index (χ1v) is 3.24. The third kappa shape index (κ3) is 2.53. The summed E-state index contributed by atoms with van der Waals surface area (Å²) in [6.07, 6.45) is 0. The number of rotatable bonds is 3. The number of nitrogens with zero attached hydrogens (tertiary/aromatic N) is 1. The van der Waals surface area contributed by atoms with Gasteiger partial charge >= 0.3 is 0 Å². The third-order valence-electron chi connectivity index (χ3n) is 1.14. The van der Waals surface area contributed by atoms with Gasteiger partial charge in [-0.15, -0.1) is 0 Å². The Morgan fingerprint density at radius 2 is 2.10 bits per heavy atom. The Balaban J connectivity index is 3.83. The number of hydrogen-bond acceptors (Lipinski definition) is 2. The highest BCUT2D eigenvalue weighted by Gasteiger charge is 2.05. The second kappa shape index (κ2) is 3.93. The molecule has 0 fully saturated rings. The zero-order valence-corrected chi connectivity index (χ0v) is 6.77. The Hall–Kier alpha value is -0.990. The van der Waals surface area contributed by atoms with Crippen LogP contribution in [0.25, 0.3) is 0 Å². The molecule has 0 aromatic heterocycles. The summed E-state index contributed by atoms with van der Waals surface area (Å²) in [5.74, 6) is -0.104. The molecule has 0 aliphatic heterocycles. The Morgan fingerprint density at radius 3 is 2.40 bits per heavy atom. The fourth-order valence-electron chi connectivity index (χ4n) is 0.466. The van der Waals surface area contributed by atoms with E-state index in [-0.39, 0.29) is 5.91 Å². The van der Waals surface area contributed by atoms with Crippen molar-refractivity contribution in [1.29, 1.82) is 0 Å². The van der Waals surface area contributed by atoms with Crippen molar-refractivity contribution in [3.63, 3.8) is 0 Å². The molecular weight excluding hydrogens is 128 g/mol. The van der Waals surface area contributed by atoms with E-state index in [4.69, 9.17) is 0 Å². The lowest BCUT2D eigenvalue weighted by Crippen LogP contribution is -2.30. The van der Waals surface area contributed by atoms with Crippen LogP contribution in [0.4, 0.5) is 0 Å². The molecular formula is C7H14N2O. The van der Waals surface area contributed by atoms with Crippen molar-refractivity contribution < 1.29 is 4.79 Å². The van der Waals surface area contributed by atoms with Gasteiger partial charge in [-0.1, -0.05) is 6.58 Å². The lowest BCUT2D eigenvalue weighted by atomic mass is 10.4. The smallest absolute Gasteiger partial charge is 0.266 e. The predicted molar refractivity (Wildman–Crippen MR) is 41.5 cm³/mol. The van der Waals surface area contributed by atoms with Gasteiger partial charge in [0.05, 0.1) is 5.70 Å². The van der Waals surface area contributed by atoms with Crippen LogP contribution in [0.5, 0.6) is 0 Å². The molecule has 0 atom stereocenters. The van der Waals surface area contributed by atoms with Crippen LogP contribution in [0.1, 0.15) is 6.92 Å². The summed E-state index contributed by atoms with van der Waals surface area (Å²) >= 11 is 0. The number of likely N-dealkylation sites (N-methyl/N-ethyl adjacent to an activating group) is 2. The molecule has 0 saturated heterocycles. The van der Waals surface area contributed by atoms with E-state index in [1.54, 1.807) is 19.0 Å². The van der Waals surface area contributed by atoms with Gasteiger partial charge in [-0.3, -0.25) is 4.79 Å². The summed E-state index contributed by atoms with van der Waals surface area (Å²) in [4.78, 5) is 12.6. The van der Waals surface area contributed by atoms with Crippen molar-refractivity contribution in [3.05, 3.63) is 12.3 Å². The molecule has 0 unspecified atom stereocenters. The zero-order chi connectivity index (χ0) is 8.15. The highest BCUT2D eigenvalue weighted by atomic mass is 16.2. The second-order valence-corrected chi connectivity index (χ2v) is 2.20. The van der Waals surface area contributed by atoms with E-state index in [1.807, 2.05) is 6.92 Å². The van der Waals surface area contributed by atoms with E-state index in [2.05, 4.69) is 11.9 Å².